The van der Waals surface area contributed by atoms with Crippen molar-refractivity contribution in [3.63, 3.8) is 0 Å². The Kier molecular flexibility index (Phi) is 3.66. The first-order chi connectivity index (χ1) is 8.13. The van der Waals surface area contributed by atoms with Crippen molar-refractivity contribution in [3.8, 4) is 0 Å². The number of rotatable bonds is 1. The Morgan fingerprint density at radius 3 is 2.94 bits per heavy atom. The van der Waals surface area contributed by atoms with E-state index in [2.05, 4.69) is 0 Å². The molecule has 1 heterocycles. The summed E-state index contributed by atoms with van der Waals surface area (Å²) >= 11 is 1.32. The Morgan fingerprint density at radius 1 is 1.47 bits per heavy atom. The van der Waals surface area contributed by atoms with Gasteiger partial charge in [-0.25, -0.2) is 8.78 Å². The van der Waals surface area contributed by atoms with Gasteiger partial charge in [0, 0.05) is 12.1 Å². The van der Waals surface area contributed by atoms with E-state index in [0.29, 0.717) is 10.7 Å². The zero-order valence-electron chi connectivity index (χ0n) is 9.54. The van der Waals surface area contributed by atoms with Crippen LogP contribution in [0.2, 0.25) is 0 Å². The number of benzene rings is 1. The molecule has 1 aromatic rings. The van der Waals surface area contributed by atoms with E-state index in [0.717, 1.165) is 31.5 Å². The second-order valence-corrected chi connectivity index (χ2v) is 4.82. The quantitative estimate of drug-likeness (QED) is 0.616. The molecule has 2 rings (SSSR count). The second-order valence-electron chi connectivity index (χ2n) is 4.03. The number of likely N-dealkylation sites (tertiary alicyclic amines) is 1. The monoisotopic (exact) mass is 256 g/mol. The van der Waals surface area contributed by atoms with Crippen molar-refractivity contribution in [3.05, 3.63) is 35.4 Å². The van der Waals surface area contributed by atoms with Crippen LogP contribution in [0.4, 0.5) is 8.78 Å². The van der Waals surface area contributed by atoms with E-state index < -0.39 is 11.6 Å². The number of halogens is 2. The first kappa shape index (κ1) is 12.4. The molecule has 2 nitrogen and oxygen atoms in total. The van der Waals surface area contributed by atoms with Gasteiger partial charge in [0.05, 0.1) is 6.04 Å². The molecule has 1 fully saturated rings. The molecule has 5 heteroatoms. The summed E-state index contributed by atoms with van der Waals surface area (Å²) in [6.07, 6.45) is 3.49. The van der Waals surface area contributed by atoms with E-state index in [-0.39, 0.29) is 6.04 Å². The van der Waals surface area contributed by atoms with Crippen molar-refractivity contribution < 1.29 is 8.78 Å². The molecule has 1 N–H and O–H groups in total. The van der Waals surface area contributed by atoms with Gasteiger partial charge in [0.15, 0.2) is 5.17 Å². The number of nitrogens with zero attached hydrogens (tertiary/aromatic N) is 1. The third-order valence-corrected chi connectivity index (χ3v) is 3.65. The highest BCUT2D eigenvalue weighted by Gasteiger charge is 2.29. The average Bonchev–Trinajstić information content (AvgIpc) is 2.80. The normalized spacial score (nSPS) is 19.7. The van der Waals surface area contributed by atoms with Crippen LogP contribution in [0.1, 0.15) is 24.4 Å². The summed E-state index contributed by atoms with van der Waals surface area (Å²) in [6.45, 7) is 0.736. The van der Waals surface area contributed by atoms with E-state index in [1.165, 1.54) is 17.8 Å². The van der Waals surface area contributed by atoms with Crippen molar-refractivity contribution in [2.75, 3.05) is 12.8 Å². The van der Waals surface area contributed by atoms with Gasteiger partial charge in [-0.1, -0.05) is 11.8 Å². The SMILES string of the molecule is CSC(=N)N1CCC[C@@H]1c1cc(F)ccc1F. The van der Waals surface area contributed by atoms with Crippen molar-refractivity contribution >= 4 is 16.9 Å². The van der Waals surface area contributed by atoms with Crippen molar-refractivity contribution in [2.45, 2.75) is 18.9 Å². The molecule has 1 saturated heterocycles. The number of nitrogens with one attached hydrogen (secondary N) is 1. The van der Waals surface area contributed by atoms with Gasteiger partial charge in [-0.15, -0.1) is 0 Å². The van der Waals surface area contributed by atoms with Crippen LogP contribution in [0.15, 0.2) is 18.2 Å². The molecule has 0 aliphatic carbocycles. The summed E-state index contributed by atoms with van der Waals surface area (Å²) in [4.78, 5) is 1.84. The van der Waals surface area contributed by atoms with Crippen molar-refractivity contribution in [1.82, 2.24) is 4.90 Å². The molecule has 1 aliphatic heterocycles. The van der Waals surface area contributed by atoms with Crippen LogP contribution in [-0.2, 0) is 0 Å². The summed E-state index contributed by atoms with van der Waals surface area (Å²) in [5.41, 5.74) is 0.362. The van der Waals surface area contributed by atoms with Gasteiger partial charge in [0.25, 0.3) is 0 Å². The van der Waals surface area contributed by atoms with Crippen LogP contribution < -0.4 is 0 Å². The molecule has 17 heavy (non-hydrogen) atoms. The van der Waals surface area contributed by atoms with Crippen LogP contribution in [0.25, 0.3) is 0 Å². The minimum atomic E-state index is -0.427. The first-order valence-corrected chi connectivity index (χ1v) is 6.70. The van der Waals surface area contributed by atoms with Crippen LogP contribution in [0.3, 0.4) is 0 Å². The van der Waals surface area contributed by atoms with Gasteiger partial charge in [-0.3, -0.25) is 5.41 Å². The minimum Gasteiger partial charge on any atom is -0.345 e. The van der Waals surface area contributed by atoms with E-state index >= 15 is 0 Å². The topological polar surface area (TPSA) is 27.1 Å². The highest BCUT2D eigenvalue weighted by Crippen LogP contribution is 2.35. The van der Waals surface area contributed by atoms with Gasteiger partial charge in [0.1, 0.15) is 11.6 Å². The molecule has 0 bridgehead atoms. The molecule has 92 valence electrons. The fourth-order valence-corrected chi connectivity index (χ4v) is 2.67. The Balaban J connectivity index is 2.32. The second kappa shape index (κ2) is 5.04. The lowest BCUT2D eigenvalue weighted by molar-refractivity contribution is 0.390. The Hall–Kier alpha value is -1.10. The predicted octanol–water partition coefficient (Wildman–Crippen LogP) is 3.40. The maximum atomic E-state index is 13.7. The first-order valence-electron chi connectivity index (χ1n) is 5.47. The van der Waals surface area contributed by atoms with E-state index in [1.807, 2.05) is 11.2 Å². The molecule has 1 aromatic carbocycles. The Bertz CT molecular complexity index is 437. The average molecular weight is 256 g/mol. The molecular weight excluding hydrogens is 242 g/mol. The van der Waals surface area contributed by atoms with Gasteiger partial charge in [-0.05, 0) is 37.3 Å². The van der Waals surface area contributed by atoms with E-state index in [9.17, 15) is 8.78 Å². The maximum Gasteiger partial charge on any atom is 0.156 e. The zero-order chi connectivity index (χ0) is 12.4. The largest absolute Gasteiger partial charge is 0.345 e. The fourth-order valence-electron chi connectivity index (χ4n) is 2.22. The lowest BCUT2D eigenvalue weighted by Gasteiger charge is -2.26. The molecule has 0 radical (unpaired) electrons. The number of amidine groups is 1. The summed E-state index contributed by atoms with van der Waals surface area (Å²) in [7, 11) is 0. The van der Waals surface area contributed by atoms with Crippen LogP contribution in [-0.4, -0.2) is 22.9 Å². The predicted molar refractivity (Wildman–Crippen MR) is 66.3 cm³/mol. The zero-order valence-corrected chi connectivity index (χ0v) is 10.4. The van der Waals surface area contributed by atoms with Crippen LogP contribution >= 0.6 is 11.8 Å². The Labute approximate surface area is 104 Å². The molecule has 0 saturated carbocycles. The summed E-state index contributed by atoms with van der Waals surface area (Å²) in [5, 5.41) is 8.22. The minimum absolute atomic E-state index is 0.203. The standard InChI is InChI=1S/C12H14F2N2S/c1-17-12(15)16-6-2-3-11(16)9-7-8(13)4-5-10(9)14/h4-5,7,11,15H,2-3,6H2,1H3/t11-/m1/s1. The molecule has 0 spiro atoms. The van der Waals surface area contributed by atoms with Gasteiger partial charge in [0.2, 0.25) is 0 Å². The lowest BCUT2D eigenvalue weighted by atomic mass is 10.0. The van der Waals surface area contributed by atoms with Crippen molar-refractivity contribution in [2.24, 2.45) is 0 Å². The number of hydrogen-bond acceptors (Lipinski definition) is 2. The third kappa shape index (κ3) is 2.44. The van der Waals surface area contributed by atoms with Crippen LogP contribution in [0, 0.1) is 17.0 Å². The molecular formula is C12H14F2N2S. The molecule has 1 atom stereocenters. The summed E-state index contributed by atoms with van der Waals surface area (Å²) < 4.78 is 26.9. The summed E-state index contributed by atoms with van der Waals surface area (Å²) in [5.74, 6) is -0.818. The molecule has 0 amide bonds. The van der Waals surface area contributed by atoms with E-state index in [4.69, 9.17) is 5.41 Å². The Morgan fingerprint density at radius 2 is 2.24 bits per heavy atom. The fraction of sp³-hybridized carbons (Fsp3) is 0.417. The van der Waals surface area contributed by atoms with Gasteiger partial charge >= 0.3 is 0 Å². The highest BCUT2D eigenvalue weighted by molar-refractivity contribution is 8.13. The molecule has 0 unspecified atom stereocenters. The third-order valence-electron chi connectivity index (χ3n) is 3.02. The van der Waals surface area contributed by atoms with Gasteiger partial charge in [-0.2, -0.15) is 0 Å². The highest BCUT2D eigenvalue weighted by atomic mass is 32.2. The van der Waals surface area contributed by atoms with Gasteiger partial charge < -0.3 is 4.90 Å². The maximum absolute atomic E-state index is 13.7. The van der Waals surface area contributed by atoms with E-state index in [1.54, 1.807) is 0 Å². The van der Waals surface area contributed by atoms with Crippen LogP contribution in [0.5, 0.6) is 0 Å². The number of hydrogen-bond donors (Lipinski definition) is 1. The summed E-state index contributed by atoms with van der Waals surface area (Å²) in [6, 6.07) is 3.32. The smallest absolute Gasteiger partial charge is 0.156 e. The molecule has 1 aliphatic rings. The number of thioether (sulfide) groups is 1. The van der Waals surface area contributed by atoms with Crippen molar-refractivity contribution in [1.29, 1.82) is 5.41 Å². The molecule has 0 aromatic heterocycles. The lowest BCUT2D eigenvalue weighted by Crippen LogP contribution is -2.28.